The Kier molecular flexibility index (Phi) is 9.33. The van der Waals surface area contributed by atoms with Gasteiger partial charge in [0.1, 0.15) is 29.3 Å². The van der Waals surface area contributed by atoms with Crippen molar-refractivity contribution in [2.45, 2.75) is 116 Å². The number of phenols is 1. The lowest BCUT2D eigenvalue weighted by atomic mass is 9.66. The number of phenolic OH excluding ortho intramolecular Hbond substituents is 1. The first-order chi connectivity index (χ1) is 19.6. The van der Waals surface area contributed by atoms with Gasteiger partial charge >= 0.3 is 11.9 Å². The molecule has 3 bridgehead atoms. The van der Waals surface area contributed by atoms with E-state index in [2.05, 4.69) is 6.92 Å². The van der Waals surface area contributed by atoms with Crippen molar-refractivity contribution in [1.29, 1.82) is 0 Å². The van der Waals surface area contributed by atoms with Crippen LogP contribution < -0.4 is 0 Å². The Hall–Kier alpha value is -2.66. The van der Waals surface area contributed by atoms with E-state index in [1.807, 2.05) is 26.8 Å². The smallest absolute Gasteiger partial charge is 0.334 e. The summed E-state index contributed by atoms with van der Waals surface area (Å²) in [5.41, 5.74) is -1.37. The molecule has 2 fully saturated rings. The average Bonchev–Trinajstić information content (AvgIpc) is 2.88. The van der Waals surface area contributed by atoms with Gasteiger partial charge < -0.3 is 39.0 Å². The monoisotopic (exact) mass is 590 g/mol. The van der Waals surface area contributed by atoms with Crippen LogP contribution in [0, 0.1) is 17.3 Å². The maximum Gasteiger partial charge on any atom is 0.334 e. The summed E-state index contributed by atoms with van der Waals surface area (Å²) in [6.45, 7) is 10.9. The summed E-state index contributed by atoms with van der Waals surface area (Å²) in [5, 5.41) is 31.5. The van der Waals surface area contributed by atoms with Crippen LogP contribution >= 0.6 is 0 Å². The quantitative estimate of drug-likeness (QED) is 0.394. The lowest BCUT2D eigenvalue weighted by Gasteiger charge is -2.59. The van der Waals surface area contributed by atoms with Gasteiger partial charge in [-0.25, -0.2) is 4.79 Å². The highest BCUT2D eigenvalue weighted by Gasteiger charge is 2.63. The van der Waals surface area contributed by atoms with Crippen molar-refractivity contribution in [1.82, 2.24) is 0 Å². The fourth-order valence-electron chi connectivity index (χ4n) is 6.72. The Morgan fingerprint density at radius 3 is 2.48 bits per heavy atom. The van der Waals surface area contributed by atoms with Crippen LogP contribution in [-0.2, 0) is 33.3 Å². The van der Waals surface area contributed by atoms with E-state index in [0.717, 1.165) is 11.6 Å². The second-order valence-electron chi connectivity index (χ2n) is 13.2. The first kappa shape index (κ1) is 32.3. The molecular weight excluding hydrogens is 544 g/mol. The minimum Gasteiger partial charge on any atom is -0.508 e. The molecule has 234 valence electrons. The molecular formula is C32H46O10. The zero-order valence-electron chi connectivity index (χ0n) is 25.7. The number of esters is 2. The first-order valence-corrected chi connectivity index (χ1v) is 14.8. The number of carbonyl (C=O) groups is 2. The molecule has 4 rings (SSSR count). The van der Waals surface area contributed by atoms with E-state index >= 15 is 0 Å². The number of benzene rings is 1. The van der Waals surface area contributed by atoms with E-state index < -0.39 is 53.2 Å². The van der Waals surface area contributed by atoms with Crippen LogP contribution in [0.1, 0.15) is 85.3 Å². The molecule has 1 aromatic carbocycles. The van der Waals surface area contributed by atoms with Gasteiger partial charge in [-0.2, -0.15) is 0 Å². The van der Waals surface area contributed by atoms with E-state index in [4.69, 9.17) is 23.7 Å². The number of cyclic esters (lactones) is 1. The van der Waals surface area contributed by atoms with Crippen molar-refractivity contribution in [3.05, 3.63) is 41.7 Å². The lowest BCUT2D eigenvalue weighted by molar-refractivity contribution is -0.371. The molecule has 0 aromatic heterocycles. The Morgan fingerprint density at radius 2 is 1.83 bits per heavy atom. The Morgan fingerprint density at radius 1 is 1.12 bits per heavy atom. The number of hydrogen-bond donors (Lipinski definition) is 3. The summed E-state index contributed by atoms with van der Waals surface area (Å²) in [4.78, 5) is 26.0. The number of ether oxygens (including phenoxy) is 5. The summed E-state index contributed by atoms with van der Waals surface area (Å²) in [6, 6.07) is 7.00. The molecule has 0 aliphatic carbocycles. The molecule has 3 heterocycles. The zero-order chi connectivity index (χ0) is 31.0. The fourth-order valence-corrected chi connectivity index (χ4v) is 6.72. The normalized spacial score (nSPS) is 35.2. The van der Waals surface area contributed by atoms with Crippen molar-refractivity contribution in [3.63, 3.8) is 0 Å². The molecule has 42 heavy (non-hydrogen) atoms. The van der Waals surface area contributed by atoms with Crippen LogP contribution in [0.3, 0.4) is 0 Å². The number of hydrogen-bond acceptors (Lipinski definition) is 10. The third-order valence-electron chi connectivity index (χ3n) is 9.20. The highest BCUT2D eigenvalue weighted by Crippen LogP contribution is 2.56. The summed E-state index contributed by atoms with van der Waals surface area (Å²) >= 11 is 0. The maximum absolute atomic E-state index is 13.1. The molecule has 0 amide bonds. The summed E-state index contributed by atoms with van der Waals surface area (Å²) < 4.78 is 30.5. The van der Waals surface area contributed by atoms with E-state index in [1.54, 1.807) is 32.2 Å². The molecule has 1 spiro atoms. The summed E-state index contributed by atoms with van der Waals surface area (Å²) in [6.07, 6.45) is -0.974. The molecule has 0 radical (unpaired) electrons. The molecule has 3 aliphatic heterocycles. The lowest BCUT2D eigenvalue weighted by Crippen LogP contribution is -2.65. The summed E-state index contributed by atoms with van der Waals surface area (Å²) in [5.74, 6) is -2.83. The van der Waals surface area contributed by atoms with Gasteiger partial charge in [0.25, 0.3) is 0 Å². The van der Waals surface area contributed by atoms with Crippen molar-refractivity contribution >= 4 is 11.9 Å². The van der Waals surface area contributed by atoms with Gasteiger partial charge in [0.05, 0.1) is 37.2 Å². The topological polar surface area (TPSA) is 141 Å². The molecule has 10 nitrogen and oxygen atoms in total. The molecule has 0 unspecified atom stereocenters. The van der Waals surface area contributed by atoms with Crippen LogP contribution in [0.15, 0.2) is 36.1 Å². The molecule has 10 heteroatoms. The Balaban J connectivity index is 1.68. The average molecular weight is 591 g/mol. The third kappa shape index (κ3) is 6.61. The molecule has 9 atom stereocenters. The molecule has 0 saturated carbocycles. The van der Waals surface area contributed by atoms with Crippen LogP contribution in [0.2, 0.25) is 0 Å². The number of rotatable bonds is 7. The second kappa shape index (κ2) is 12.1. The fraction of sp³-hybridized carbons (Fsp3) is 0.688. The highest BCUT2D eigenvalue weighted by molar-refractivity contribution is 5.83. The van der Waals surface area contributed by atoms with Gasteiger partial charge in [-0.3, -0.25) is 4.79 Å². The second-order valence-corrected chi connectivity index (χ2v) is 13.2. The molecule has 3 aliphatic rings. The van der Waals surface area contributed by atoms with Crippen molar-refractivity contribution in [2.75, 3.05) is 7.11 Å². The number of aromatic hydroxyl groups is 1. The maximum atomic E-state index is 13.1. The number of aliphatic hydroxyl groups excluding tert-OH is 1. The standard InChI is InChI=1S/C32H46O10/c1-18(11-12-23(38-7)21-9-8-10-22(34)13-21)29-19(2)25-16-32(42-29)30(4,5)17-31(6,37)26(41-32)15-28(36)39-24(20(3)33)14-27(35)40-25/h8-10,13,15,18-20,23-25,29,33-34,37H,11-12,14,16-17H2,1-7H3/t18-,19-,20+,23-,24-,25-,29-,31+,32+/m0/s1. The predicted molar refractivity (Wildman–Crippen MR) is 152 cm³/mol. The minimum atomic E-state index is -1.50. The van der Waals surface area contributed by atoms with Crippen molar-refractivity contribution in [3.8, 4) is 5.75 Å². The van der Waals surface area contributed by atoms with E-state index in [0.29, 0.717) is 12.8 Å². The van der Waals surface area contributed by atoms with E-state index in [9.17, 15) is 24.9 Å². The van der Waals surface area contributed by atoms with Crippen LogP contribution in [0.25, 0.3) is 0 Å². The third-order valence-corrected chi connectivity index (χ3v) is 9.20. The molecule has 3 N–H and O–H groups in total. The van der Waals surface area contributed by atoms with Crippen molar-refractivity contribution < 1.29 is 48.6 Å². The van der Waals surface area contributed by atoms with Gasteiger partial charge in [0.15, 0.2) is 0 Å². The number of methoxy groups -OCH3 is 1. The van der Waals surface area contributed by atoms with Crippen LogP contribution in [0.4, 0.5) is 0 Å². The zero-order valence-corrected chi connectivity index (χ0v) is 25.7. The SMILES string of the molecule is CO[C@@H](CC[C@H](C)[C@@H]1O[C@@]23C[C@H](OC(=O)C[C@@H]([C@@H](C)O)OC(=O)C=C(O2)[C@](C)(O)CC3(C)C)[C@@H]1C)c1cccc(O)c1. The van der Waals surface area contributed by atoms with Crippen molar-refractivity contribution in [2.24, 2.45) is 17.3 Å². The van der Waals surface area contributed by atoms with E-state index in [-0.39, 0.29) is 48.7 Å². The number of fused-ring (bicyclic) bond motifs is 2. The molecule has 1 aromatic rings. The Labute approximate surface area is 247 Å². The largest absolute Gasteiger partial charge is 0.508 e. The van der Waals surface area contributed by atoms with Gasteiger partial charge in [0, 0.05) is 18.4 Å². The first-order valence-electron chi connectivity index (χ1n) is 14.8. The van der Waals surface area contributed by atoms with Crippen LogP contribution in [-0.4, -0.2) is 70.2 Å². The Bertz CT molecular complexity index is 1170. The van der Waals surface area contributed by atoms with Gasteiger partial charge in [-0.15, -0.1) is 0 Å². The van der Waals surface area contributed by atoms with Gasteiger partial charge in [0.2, 0.25) is 5.79 Å². The van der Waals surface area contributed by atoms with Crippen LogP contribution in [0.5, 0.6) is 5.75 Å². The number of carbonyl (C=O) groups excluding carboxylic acids is 2. The predicted octanol–water partition coefficient (Wildman–Crippen LogP) is 4.31. The summed E-state index contributed by atoms with van der Waals surface area (Å²) in [7, 11) is 1.64. The minimum absolute atomic E-state index is 0.00565. The molecule has 2 saturated heterocycles. The number of aliphatic hydroxyl groups is 2. The highest BCUT2D eigenvalue weighted by atomic mass is 16.7. The van der Waals surface area contributed by atoms with E-state index in [1.165, 1.54) is 6.92 Å². The van der Waals surface area contributed by atoms with Gasteiger partial charge in [-0.1, -0.05) is 39.8 Å². The van der Waals surface area contributed by atoms with Gasteiger partial charge in [-0.05, 0) is 56.7 Å².